The normalized spacial score (nSPS) is 8.42. The predicted molar refractivity (Wildman–Crippen MR) is 52.0 cm³/mol. The monoisotopic (exact) mass is 188 g/mol. The zero-order chi connectivity index (χ0) is 9.56. The molecule has 0 heterocycles. The quantitative estimate of drug-likeness (QED) is 0.672. The highest BCUT2D eigenvalue weighted by molar-refractivity contribution is 6.33. The molecule has 3 N–H and O–H groups in total. The summed E-state index contributed by atoms with van der Waals surface area (Å²) in [4.78, 5) is 1.99. The van der Waals surface area contributed by atoms with Crippen molar-refractivity contribution in [1.29, 1.82) is 0 Å². The Morgan fingerprint density at radius 2 is 1.75 bits per heavy atom. The van der Waals surface area contributed by atoms with Crippen molar-refractivity contribution in [3.05, 3.63) is 34.5 Å². The lowest BCUT2D eigenvalue weighted by Crippen LogP contribution is -2.37. The molecule has 0 amide bonds. The van der Waals surface area contributed by atoms with Gasteiger partial charge in [0.05, 0.1) is 10.7 Å². The first-order valence-electron chi connectivity index (χ1n) is 3.42. The van der Waals surface area contributed by atoms with E-state index in [-0.39, 0.29) is 0 Å². The highest BCUT2D eigenvalue weighted by Gasteiger charge is 1.97. The van der Waals surface area contributed by atoms with E-state index < -0.39 is 0 Å². The summed E-state index contributed by atoms with van der Waals surface area (Å²) in [5.41, 5.74) is 1.06. The molecule has 0 aliphatic carbocycles. The van der Waals surface area contributed by atoms with Crippen LogP contribution >= 0.6 is 11.6 Å². The van der Waals surface area contributed by atoms with Crippen LogP contribution < -0.4 is 10.8 Å². The SMILES string of the molecule is CN(C)c1ccccc1Cl.[NH3+][O-]. The summed E-state index contributed by atoms with van der Waals surface area (Å²) in [6, 6.07) is 7.77. The van der Waals surface area contributed by atoms with Crippen LogP contribution in [0.15, 0.2) is 24.3 Å². The molecule has 0 saturated carbocycles. The first-order chi connectivity index (χ1) is 5.72. The van der Waals surface area contributed by atoms with Crippen LogP contribution in [0.1, 0.15) is 0 Å². The van der Waals surface area contributed by atoms with Crippen molar-refractivity contribution in [1.82, 2.24) is 0 Å². The molecule has 4 heteroatoms. The van der Waals surface area contributed by atoms with E-state index in [0.29, 0.717) is 0 Å². The van der Waals surface area contributed by atoms with Crippen molar-refractivity contribution < 1.29 is 5.90 Å². The van der Waals surface area contributed by atoms with Crippen molar-refractivity contribution in [3.8, 4) is 0 Å². The highest BCUT2D eigenvalue weighted by atomic mass is 35.5. The van der Waals surface area contributed by atoms with E-state index in [1.54, 1.807) is 0 Å². The van der Waals surface area contributed by atoms with Crippen molar-refractivity contribution >= 4 is 17.3 Å². The van der Waals surface area contributed by atoms with Crippen LogP contribution in [-0.2, 0) is 0 Å². The van der Waals surface area contributed by atoms with Crippen LogP contribution in [0, 0.1) is 5.21 Å². The average Bonchev–Trinajstić information content (AvgIpc) is 2.08. The van der Waals surface area contributed by atoms with Gasteiger partial charge in [0, 0.05) is 14.1 Å². The van der Waals surface area contributed by atoms with Gasteiger partial charge in [0.1, 0.15) is 0 Å². The van der Waals surface area contributed by atoms with Gasteiger partial charge in [0.2, 0.25) is 0 Å². The minimum absolute atomic E-state index is 0.799. The molecule has 0 aliphatic rings. The summed E-state index contributed by atoms with van der Waals surface area (Å²) in [6.07, 6.45) is 0. The third-order valence-corrected chi connectivity index (χ3v) is 1.65. The summed E-state index contributed by atoms with van der Waals surface area (Å²) in [5.74, 6) is 2.00. The molecule has 68 valence electrons. The van der Waals surface area contributed by atoms with Gasteiger partial charge in [0.25, 0.3) is 0 Å². The van der Waals surface area contributed by atoms with Crippen molar-refractivity contribution in [2.24, 2.45) is 0 Å². The zero-order valence-electron chi connectivity index (χ0n) is 7.25. The molecule has 0 atom stereocenters. The summed E-state index contributed by atoms with van der Waals surface area (Å²) in [5, 5.41) is 8.80. The molecule has 0 unspecified atom stereocenters. The average molecular weight is 189 g/mol. The van der Waals surface area contributed by atoms with E-state index in [2.05, 4.69) is 0 Å². The smallest absolute Gasteiger partial charge is 0.0639 e. The van der Waals surface area contributed by atoms with Crippen LogP contribution in [0.2, 0.25) is 5.02 Å². The molecule has 0 fully saturated rings. The maximum absolute atomic E-state index is 8.00. The first kappa shape index (κ1) is 11.2. The van der Waals surface area contributed by atoms with Crippen molar-refractivity contribution in [2.75, 3.05) is 19.0 Å². The maximum Gasteiger partial charge on any atom is 0.0639 e. The molecular formula is C8H13ClN2O. The third kappa shape index (κ3) is 3.09. The topological polar surface area (TPSA) is 53.9 Å². The Hall–Kier alpha value is -0.770. The van der Waals surface area contributed by atoms with Crippen molar-refractivity contribution in [3.63, 3.8) is 0 Å². The second kappa shape index (κ2) is 5.83. The van der Waals surface area contributed by atoms with E-state index in [1.807, 2.05) is 49.2 Å². The van der Waals surface area contributed by atoms with Crippen LogP contribution in [-0.4, -0.2) is 14.1 Å². The third-order valence-electron chi connectivity index (χ3n) is 1.33. The molecular weight excluding hydrogens is 176 g/mol. The number of rotatable bonds is 1. The predicted octanol–water partition coefficient (Wildman–Crippen LogP) is 1.13. The lowest BCUT2D eigenvalue weighted by molar-refractivity contribution is -0.275. The largest absolute Gasteiger partial charge is 0.637 e. The second-order valence-electron chi connectivity index (χ2n) is 2.35. The molecule has 0 aromatic heterocycles. The van der Waals surface area contributed by atoms with E-state index in [4.69, 9.17) is 16.8 Å². The minimum atomic E-state index is 0.799. The van der Waals surface area contributed by atoms with Gasteiger partial charge >= 0.3 is 0 Å². The Kier molecular flexibility index (Phi) is 5.45. The molecule has 1 aromatic carbocycles. The van der Waals surface area contributed by atoms with Gasteiger partial charge in [-0.15, -0.1) is 0 Å². The first-order valence-corrected chi connectivity index (χ1v) is 3.80. The molecule has 1 rings (SSSR count). The molecule has 12 heavy (non-hydrogen) atoms. The van der Waals surface area contributed by atoms with Crippen molar-refractivity contribution in [2.45, 2.75) is 0 Å². The minimum Gasteiger partial charge on any atom is -0.637 e. The molecule has 0 bridgehead atoms. The van der Waals surface area contributed by atoms with Gasteiger partial charge in [-0.05, 0) is 12.1 Å². The lowest BCUT2D eigenvalue weighted by Gasteiger charge is -2.12. The highest BCUT2D eigenvalue weighted by Crippen LogP contribution is 2.22. The fraction of sp³-hybridized carbons (Fsp3) is 0.250. The number of hydrogen-bond donors (Lipinski definition) is 1. The van der Waals surface area contributed by atoms with Gasteiger partial charge in [0.15, 0.2) is 0 Å². The van der Waals surface area contributed by atoms with E-state index in [0.717, 1.165) is 10.7 Å². The van der Waals surface area contributed by atoms with Gasteiger partial charge in [-0.2, -0.15) is 0 Å². The Labute approximate surface area is 77.3 Å². The Morgan fingerprint density at radius 3 is 2.08 bits per heavy atom. The summed E-state index contributed by atoms with van der Waals surface area (Å²) < 4.78 is 0. The van der Waals surface area contributed by atoms with Gasteiger partial charge < -0.3 is 16.0 Å². The molecule has 0 radical (unpaired) electrons. The number of anilines is 1. The van der Waals surface area contributed by atoms with Gasteiger partial charge in [-0.3, -0.25) is 0 Å². The number of halogens is 1. The standard InChI is InChI=1S/C8H10ClN.H3NO/c1-10(2)8-6-4-3-5-7(8)9;1-2/h3-6H,1-2H3;1H3. The Balaban J connectivity index is 0.000000561. The molecule has 0 spiro atoms. The number of quaternary nitrogens is 1. The second-order valence-corrected chi connectivity index (χ2v) is 2.75. The van der Waals surface area contributed by atoms with Gasteiger partial charge in [-0.1, -0.05) is 23.7 Å². The fourth-order valence-corrected chi connectivity index (χ4v) is 1.12. The molecule has 0 aliphatic heterocycles. The maximum atomic E-state index is 8.00. The Bertz CT molecular complexity index is 228. The van der Waals surface area contributed by atoms with E-state index in [9.17, 15) is 0 Å². The summed E-state index contributed by atoms with van der Waals surface area (Å²) >= 11 is 5.88. The van der Waals surface area contributed by atoms with E-state index in [1.165, 1.54) is 0 Å². The van der Waals surface area contributed by atoms with Crippen LogP contribution in [0.5, 0.6) is 0 Å². The zero-order valence-corrected chi connectivity index (χ0v) is 8.01. The number of para-hydroxylation sites is 1. The summed E-state index contributed by atoms with van der Waals surface area (Å²) in [6.45, 7) is 0. The number of benzene rings is 1. The molecule has 1 aromatic rings. The summed E-state index contributed by atoms with van der Waals surface area (Å²) in [7, 11) is 3.95. The van der Waals surface area contributed by atoms with E-state index >= 15 is 0 Å². The van der Waals surface area contributed by atoms with Crippen LogP contribution in [0.3, 0.4) is 0 Å². The molecule has 3 nitrogen and oxygen atoms in total. The van der Waals surface area contributed by atoms with Crippen LogP contribution in [0.25, 0.3) is 0 Å². The number of nitrogens with zero attached hydrogens (tertiary/aromatic N) is 1. The number of hydrogen-bond acceptors (Lipinski definition) is 2. The lowest BCUT2D eigenvalue weighted by atomic mass is 10.3. The Morgan fingerprint density at radius 1 is 1.25 bits per heavy atom. The molecule has 0 saturated heterocycles. The fourth-order valence-electron chi connectivity index (χ4n) is 0.814. The van der Waals surface area contributed by atoms with Gasteiger partial charge in [-0.25, -0.2) is 0 Å². The van der Waals surface area contributed by atoms with Crippen LogP contribution in [0.4, 0.5) is 5.69 Å².